The lowest BCUT2D eigenvalue weighted by atomic mass is 9.85. The van der Waals surface area contributed by atoms with E-state index in [1.807, 2.05) is 52.1 Å². The zero-order chi connectivity index (χ0) is 35.1. The Hall–Kier alpha value is -4.94. The molecule has 1 fully saturated rings. The van der Waals surface area contributed by atoms with Gasteiger partial charge in [0, 0.05) is 23.3 Å². The van der Waals surface area contributed by atoms with Gasteiger partial charge in [0.25, 0.3) is 0 Å². The van der Waals surface area contributed by atoms with Crippen LogP contribution in [-0.2, 0) is 0 Å². The Labute approximate surface area is 287 Å². The van der Waals surface area contributed by atoms with Gasteiger partial charge in [0.1, 0.15) is 41.4 Å². The van der Waals surface area contributed by atoms with Gasteiger partial charge in [-0.1, -0.05) is 51.1 Å². The number of nitrogens with zero attached hydrogens (tertiary/aromatic N) is 3. The fourth-order valence-electron chi connectivity index (χ4n) is 6.07. The molecule has 0 spiro atoms. The molecule has 1 saturated heterocycles. The normalized spacial score (nSPS) is 20.0. The number of nitrogens with two attached hydrogens (primary N) is 1. The summed E-state index contributed by atoms with van der Waals surface area (Å²) in [4.78, 5) is 20.3. The Bertz CT molecular complexity index is 1780. The number of ether oxygens (including phenoxy) is 2. The third-order valence-electron chi connectivity index (χ3n) is 8.86. The number of urea groups is 1. The Morgan fingerprint density at radius 3 is 2.57 bits per heavy atom. The van der Waals surface area contributed by atoms with Crippen LogP contribution in [0.25, 0.3) is 0 Å². The number of amidine groups is 1. The lowest BCUT2D eigenvalue weighted by Crippen LogP contribution is -2.42. The van der Waals surface area contributed by atoms with Gasteiger partial charge in [-0.15, -0.1) is 0 Å². The standard InChI is InChI=1S/C37H48N8O4/c1-37(2,3)32(38)22-34(41-24-9-7-10-25(21-24)48-20-19-46)43-36(47)42-29-15-16-31(28-12-6-5-11-27(28)29)49-26-14-17-33(39)45(23-26)35(40)30-13-8-18-44(30)4/h5-7,9-12,14,17,21-23,29-31,39-40,46H,8,13,15-16,18-20,38H2,1-4H3,(H2,41,42,43,47)/t29-,30-,31+/m0/s1. The van der Waals surface area contributed by atoms with Crippen LogP contribution in [-0.4, -0.2) is 65.1 Å². The summed E-state index contributed by atoms with van der Waals surface area (Å²) in [5.74, 6) is 1.78. The van der Waals surface area contributed by atoms with Crippen molar-refractivity contribution in [2.24, 2.45) is 16.1 Å². The molecule has 0 saturated carbocycles. The number of likely N-dealkylation sites (N-methyl/N-ethyl adjacent to an activating group) is 1. The van der Waals surface area contributed by atoms with E-state index < -0.39 is 6.03 Å². The van der Waals surface area contributed by atoms with Gasteiger partial charge < -0.3 is 25.6 Å². The van der Waals surface area contributed by atoms with Gasteiger partial charge in [-0.05, 0) is 74.7 Å². The van der Waals surface area contributed by atoms with Crippen LogP contribution in [0.3, 0.4) is 0 Å². The van der Waals surface area contributed by atoms with Crippen LogP contribution in [0.5, 0.6) is 11.5 Å². The molecule has 49 heavy (non-hydrogen) atoms. The molecule has 12 nitrogen and oxygen atoms in total. The maximum atomic E-state index is 13.5. The Morgan fingerprint density at radius 1 is 1.08 bits per heavy atom. The highest BCUT2D eigenvalue weighted by molar-refractivity contribution is 6.05. The molecule has 2 aromatic carbocycles. The van der Waals surface area contributed by atoms with Crippen LogP contribution >= 0.6 is 0 Å². The fraction of sp³-hybridized carbons (Fsp3) is 0.405. The van der Waals surface area contributed by atoms with Gasteiger partial charge in [0.2, 0.25) is 0 Å². The molecule has 1 aromatic heterocycles. The summed E-state index contributed by atoms with van der Waals surface area (Å²) < 4.78 is 13.6. The molecule has 3 atom stereocenters. The van der Waals surface area contributed by atoms with Crippen molar-refractivity contribution in [2.45, 2.75) is 64.6 Å². The average molecular weight is 669 g/mol. The maximum Gasteiger partial charge on any atom is 0.320 e. The second kappa shape index (κ2) is 15.5. The van der Waals surface area contributed by atoms with Crippen molar-refractivity contribution in [3.63, 3.8) is 0 Å². The summed E-state index contributed by atoms with van der Waals surface area (Å²) in [6.07, 6.45) is 6.34. The first-order valence-electron chi connectivity index (χ1n) is 16.7. The van der Waals surface area contributed by atoms with E-state index in [2.05, 4.69) is 20.5 Å². The van der Waals surface area contributed by atoms with Gasteiger partial charge in [0.05, 0.1) is 30.6 Å². The predicted molar refractivity (Wildman–Crippen MR) is 190 cm³/mol. The lowest BCUT2D eigenvalue weighted by Gasteiger charge is -2.32. The summed E-state index contributed by atoms with van der Waals surface area (Å²) in [5, 5.41) is 32.4. The highest BCUT2D eigenvalue weighted by atomic mass is 16.5. The molecule has 3 aromatic rings. The molecule has 5 rings (SSSR count). The minimum absolute atomic E-state index is 0.0280. The van der Waals surface area contributed by atoms with E-state index >= 15 is 0 Å². The van der Waals surface area contributed by atoms with Crippen molar-refractivity contribution >= 4 is 23.4 Å². The van der Waals surface area contributed by atoms with Gasteiger partial charge in [-0.2, -0.15) is 0 Å². The lowest BCUT2D eigenvalue weighted by molar-refractivity contribution is 0.171. The number of aliphatic imine (C=N–C) groups is 1. The molecule has 1 aliphatic carbocycles. The zero-order valence-electron chi connectivity index (χ0n) is 28.7. The van der Waals surface area contributed by atoms with E-state index in [1.54, 1.807) is 53.2 Å². The first-order chi connectivity index (χ1) is 23.4. The number of benzene rings is 2. The number of aromatic nitrogens is 1. The molecular weight excluding hydrogens is 620 g/mol. The van der Waals surface area contributed by atoms with E-state index in [1.165, 1.54) is 0 Å². The molecule has 0 radical (unpaired) electrons. The number of pyridine rings is 1. The fourth-order valence-corrected chi connectivity index (χ4v) is 6.07. The third kappa shape index (κ3) is 8.95. The Kier molecular flexibility index (Phi) is 11.2. The van der Waals surface area contributed by atoms with E-state index in [0.29, 0.717) is 41.6 Å². The number of fused-ring (bicyclic) bond motifs is 1. The van der Waals surface area contributed by atoms with Crippen molar-refractivity contribution < 1.29 is 19.4 Å². The van der Waals surface area contributed by atoms with E-state index in [4.69, 9.17) is 31.1 Å². The van der Waals surface area contributed by atoms with Crippen LogP contribution in [0.4, 0.5) is 10.5 Å². The second-order valence-corrected chi connectivity index (χ2v) is 13.5. The van der Waals surface area contributed by atoms with Gasteiger partial charge >= 0.3 is 6.03 Å². The number of aliphatic hydroxyl groups is 1. The summed E-state index contributed by atoms with van der Waals surface area (Å²) in [6.45, 7) is 6.94. The van der Waals surface area contributed by atoms with Crippen molar-refractivity contribution in [3.05, 3.63) is 95.2 Å². The number of hydrogen-bond acceptors (Lipinski definition) is 9. The van der Waals surface area contributed by atoms with Crippen molar-refractivity contribution in [2.75, 3.05) is 26.8 Å². The first kappa shape index (κ1) is 35.4. The average Bonchev–Trinajstić information content (AvgIpc) is 3.50. The number of likely N-dealkylation sites (tertiary alicyclic amines) is 1. The van der Waals surface area contributed by atoms with E-state index in [-0.39, 0.29) is 48.1 Å². The van der Waals surface area contributed by atoms with Crippen LogP contribution in [0, 0.1) is 16.2 Å². The topological polar surface area (TPSA) is 174 Å². The number of allylic oxidation sites excluding steroid dienone is 1. The Balaban J connectivity index is 1.32. The molecule has 0 bridgehead atoms. The predicted octanol–water partition coefficient (Wildman–Crippen LogP) is 5.13. The largest absolute Gasteiger partial charge is 0.491 e. The second-order valence-electron chi connectivity index (χ2n) is 13.5. The number of rotatable bonds is 9. The number of aliphatic hydroxyl groups excluding tert-OH is 1. The monoisotopic (exact) mass is 668 g/mol. The number of carbonyl (C=O) groups excluding carboxylic acids is 1. The van der Waals surface area contributed by atoms with Crippen molar-refractivity contribution in [1.29, 1.82) is 10.8 Å². The molecule has 1 aliphatic heterocycles. The molecule has 2 heterocycles. The number of carbonyl (C=O) groups is 1. The van der Waals surface area contributed by atoms with Crippen LogP contribution < -0.4 is 31.3 Å². The summed E-state index contributed by atoms with van der Waals surface area (Å²) in [7, 11) is 2.02. The maximum absolute atomic E-state index is 13.5. The molecular formula is C37H48N8O4. The highest BCUT2D eigenvalue weighted by Gasteiger charge is 2.30. The van der Waals surface area contributed by atoms with Gasteiger partial charge in [0.15, 0.2) is 0 Å². The van der Waals surface area contributed by atoms with Crippen LogP contribution in [0.1, 0.15) is 69.7 Å². The third-order valence-corrected chi connectivity index (χ3v) is 8.86. The van der Waals surface area contributed by atoms with Gasteiger partial charge in [-0.3, -0.25) is 25.6 Å². The summed E-state index contributed by atoms with van der Waals surface area (Å²) >= 11 is 0. The molecule has 2 aliphatic rings. The quantitative estimate of drug-likeness (QED) is 0.136. The first-order valence-corrected chi connectivity index (χ1v) is 16.7. The highest BCUT2D eigenvalue weighted by Crippen LogP contribution is 2.38. The smallest absolute Gasteiger partial charge is 0.320 e. The molecule has 0 unspecified atom stereocenters. The Morgan fingerprint density at radius 2 is 1.86 bits per heavy atom. The molecule has 2 amide bonds. The van der Waals surface area contributed by atoms with E-state index in [9.17, 15) is 4.79 Å². The minimum atomic E-state index is -0.425. The van der Waals surface area contributed by atoms with Crippen LogP contribution in [0.15, 0.2) is 83.6 Å². The molecule has 7 N–H and O–H groups in total. The SMILES string of the molecule is CN1CCC[C@H]1C(=N)n1cc(O[C@@H]2CC[C@H](NC(=O)NC(C=C(N)C(C)(C)C)=Nc3cccc(OCCO)c3)c3ccccc32)ccc1=N. The summed E-state index contributed by atoms with van der Waals surface area (Å²) in [6, 6.07) is 17.7. The van der Waals surface area contributed by atoms with Gasteiger partial charge in [-0.25, -0.2) is 9.79 Å². The minimum Gasteiger partial charge on any atom is -0.491 e. The molecule has 12 heteroatoms. The van der Waals surface area contributed by atoms with Crippen LogP contribution in [0.2, 0.25) is 0 Å². The van der Waals surface area contributed by atoms with E-state index in [0.717, 1.165) is 30.5 Å². The molecule has 260 valence electrons. The number of hydrogen-bond donors (Lipinski definition) is 6. The summed E-state index contributed by atoms with van der Waals surface area (Å²) in [5.41, 5.74) is 9.30. The van der Waals surface area contributed by atoms with Crippen molar-refractivity contribution in [1.82, 2.24) is 20.1 Å². The number of nitrogens with one attached hydrogen (secondary N) is 4. The number of amides is 2. The van der Waals surface area contributed by atoms with Crippen molar-refractivity contribution in [3.8, 4) is 11.5 Å². The zero-order valence-corrected chi connectivity index (χ0v) is 28.7.